The summed E-state index contributed by atoms with van der Waals surface area (Å²) in [6.07, 6.45) is 0.506. The second kappa shape index (κ2) is 5.53. The summed E-state index contributed by atoms with van der Waals surface area (Å²) in [6.45, 7) is 7.66. The van der Waals surface area contributed by atoms with Crippen LogP contribution in [-0.4, -0.2) is 27.3 Å². The molecule has 0 aromatic carbocycles. The Labute approximate surface area is 94.9 Å². The van der Waals surface area contributed by atoms with E-state index in [1.54, 1.807) is 0 Å². The zero-order chi connectivity index (χ0) is 11.3. The van der Waals surface area contributed by atoms with Gasteiger partial charge in [0.05, 0.1) is 11.8 Å². The first-order valence-electron chi connectivity index (χ1n) is 5.12. The van der Waals surface area contributed by atoms with Gasteiger partial charge in [-0.15, -0.1) is 5.10 Å². The standard InChI is InChI=1S/C10H19N3OS/c1-10(2,3)4-9(14)6-11-5-8-7-15-13-12-8/h7,9,11,14H,4-6H2,1-3H3. The summed E-state index contributed by atoms with van der Waals surface area (Å²) >= 11 is 1.34. The first-order chi connectivity index (χ1) is 6.97. The van der Waals surface area contributed by atoms with Crippen LogP contribution in [0, 0.1) is 5.41 Å². The Morgan fingerprint density at radius 1 is 1.53 bits per heavy atom. The second-order valence-corrected chi connectivity index (χ2v) is 5.56. The molecule has 1 unspecified atom stereocenters. The Balaban J connectivity index is 2.15. The topological polar surface area (TPSA) is 58.0 Å². The molecule has 0 aliphatic heterocycles. The molecule has 1 aromatic rings. The van der Waals surface area contributed by atoms with Crippen LogP contribution in [0.15, 0.2) is 5.38 Å². The van der Waals surface area contributed by atoms with Crippen molar-refractivity contribution in [3.05, 3.63) is 11.1 Å². The van der Waals surface area contributed by atoms with Crippen LogP contribution in [0.2, 0.25) is 0 Å². The fraction of sp³-hybridized carbons (Fsp3) is 0.800. The lowest BCUT2D eigenvalue weighted by molar-refractivity contribution is 0.119. The van der Waals surface area contributed by atoms with Gasteiger partial charge in [-0.25, -0.2) is 0 Å². The molecule has 0 bridgehead atoms. The van der Waals surface area contributed by atoms with E-state index in [4.69, 9.17) is 0 Å². The van der Waals surface area contributed by atoms with Crippen LogP contribution in [0.5, 0.6) is 0 Å². The number of hydrogen-bond acceptors (Lipinski definition) is 5. The number of aliphatic hydroxyl groups excluding tert-OH is 1. The Hall–Kier alpha value is -0.520. The fourth-order valence-corrected chi connectivity index (χ4v) is 1.86. The highest BCUT2D eigenvalue weighted by Crippen LogP contribution is 2.20. The average Bonchev–Trinajstić information content (AvgIpc) is 2.53. The lowest BCUT2D eigenvalue weighted by Gasteiger charge is -2.22. The molecule has 5 heteroatoms. The normalized spacial score (nSPS) is 14.1. The van der Waals surface area contributed by atoms with Crippen molar-refractivity contribution in [2.24, 2.45) is 5.41 Å². The maximum Gasteiger partial charge on any atom is 0.0893 e. The van der Waals surface area contributed by atoms with Gasteiger partial charge in [0.2, 0.25) is 0 Å². The maximum atomic E-state index is 9.72. The van der Waals surface area contributed by atoms with Crippen molar-refractivity contribution < 1.29 is 5.11 Å². The third kappa shape index (κ3) is 5.81. The molecule has 0 saturated heterocycles. The Bertz CT molecular complexity index is 269. The molecule has 0 radical (unpaired) electrons. The van der Waals surface area contributed by atoms with E-state index in [0.29, 0.717) is 13.1 Å². The lowest BCUT2D eigenvalue weighted by Crippen LogP contribution is -2.29. The summed E-state index contributed by atoms with van der Waals surface area (Å²) < 4.78 is 3.77. The van der Waals surface area contributed by atoms with E-state index >= 15 is 0 Å². The highest BCUT2D eigenvalue weighted by atomic mass is 32.1. The van der Waals surface area contributed by atoms with Crippen LogP contribution in [0.3, 0.4) is 0 Å². The molecule has 2 N–H and O–H groups in total. The number of nitrogens with one attached hydrogen (secondary N) is 1. The van der Waals surface area contributed by atoms with Crippen molar-refractivity contribution in [3.8, 4) is 0 Å². The minimum absolute atomic E-state index is 0.170. The van der Waals surface area contributed by atoms with Crippen molar-refractivity contribution >= 4 is 11.5 Å². The van der Waals surface area contributed by atoms with E-state index in [1.807, 2.05) is 5.38 Å². The van der Waals surface area contributed by atoms with E-state index in [0.717, 1.165) is 12.1 Å². The van der Waals surface area contributed by atoms with Crippen LogP contribution in [0.4, 0.5) is 0 Å². The van der Waals surface area contributed by atoms with Gasteiger partial charge < -0.3 is 10.4 Å². The molecule has 1 heterocycles. The van der Waals surface area contributed by atoms with Crippen LogP contribution in [-0.2, 0) is 6.54 Å². The van der Waals surface area contributed by atoms with Crippen molar-refractivity contribution in [1.82, 2.24) is 14.9 Å². The molecule has 0 spiro atoms. The maximum absolute atomic E-state index is 9.72. The molecular formula is C10H19N3OS. The monoisotopic (exact) mass is 229 g/mol. The molecule has 0 amide bonds. The molecule has 0 saturated carbocycles. The molecule has 1 rings (SSSR count). The van der Waals surface area contributed by atoms with Crippen molar-refractivity contribution in [2.45, 2.75) is 39.8 Å². The molecule has 0 aliphatic carbocycles. The number of aromatic nitrogens is 2. The third-order valence-electron chi connectivity index (χ3n) is 1.94. The Morgan fingerprint density at radius 3 is 2.80 bits per heavy atom. The van der Waals surface area contributed by atoms with Gasteiger partial charge in [0.1, 0.15) is 0 Å². The molecular weight excluding hydrogens is 210 g/mol. The molecule has 4 nitrogen and oxygen atoms in total. The molecule has 0 aliphatic rings. The first kappa shape index (κ1) is 12.5. The highest BCUT2D eigenvalue weighted by Gasteiger charge is 2.16. The highest BCUT2D eigenvalue weighted by molar-refractivity contribution is 7.03. The number of aliphatic hydroxyl groups is 1. The molecule has 1 aromatic heterocycles. The predicted molar refractivity (Wildman–Crippen MR) is 61.7 cm³/mol. The van der Waals surface area contributed by atoms with Crippen molar-refractivity contribution in [1.29, 1.82) is 0 Å². The van der Waals surface area contributed by atoms with Gasteiger partial charge in [0.15, 0.2) is 0 Å². The quantitative estimate of drug-likeness (QED) is 0.802. The predicted octanol–water partition coefficient (Wildman–Crippen LogP) is 1.42. The van der Waals surface area contributed by atoms with E-state index < -0.39 is 0 Å². The van der Waals surface area contributed by atoms with Gasteiger partial charge in [-0.1, -0.05) is 25.3 Å². The number of hydrogen-bond donors (Lipinski definition) is 2. The van der Waals surface area contributed by atoms with Gasteiger partial charge in [0, 0.05) is 18.5 Å². The summed E-state index contributed by atoms with van der Waals surface area (Å²) in [5, 5.41) is 18.7. The molecule has 1 atom stereocenters. The molecule has 86 valence electrons. The summed E-state index contributed by atoms with van der Waals surface area (Å²) in [5.74, 6) is 0. The number of nitrogens with zero attached hydrogens (tertiary/aromatic N) is 2. The van der Waals surface area contributed by atoms with Gasteiger partial charge in [-0.2, -0.15) is 0 Å². The van der Waals surface area contributed by atoms with Crippen molar-refractivity contribution in [3.63, 3.8) is 0 Å². The lowest BCUT2D eigenvalue weighted by atomic mass is 9.89. The van der Waals surface area contributed by atoms with Crippen molar-refractivity contribution in [2.75, 3.05) is 6.54 Å². The first-order valence-corrected chi connectivity index (χ1v) is 5.96. The minimum atomic E-state index is -0.295. The van der Waals surface area contributed by atoms with Crippen LogP contribution in [0.1, 0.15) is 32.9 Å². The minimum Gasteiger partial charge on any atom is -0.392 e. The van der Waals surface area contributed by atoms with Gasteiger partial charge in [-0.3, -0.25) is 0 Å². The average molecular weight is 229 g/mol. The second-order valence-electron chi connectivity index (χ2n) is 4.95. The van der Waals surface area contributed by atoms with Gasteiger partial charge >= 0.3 is 0 Å². The van der Waals surface area contributed by atoms with Gasteiger partial charge in [0.25, 0.3) is 0 Å². The smallest absolute Gasteiger partial charge is 0.0893 e. The largest absolute Gasteiger partial charge is 0.392 e. The fourth-order valence-electron chi connectivity index (χ4n) is 1.41. The summed E-state index contributed by atoms with van der Waals surface area (Å²) in [4.78, 5) is 0. The zero-order valence-corrected chi connectivity index (χ0v) is 10.3. The zero-order valence-electron chi connectivity index (χ0n) is 9.53. The molecule has 0 fully saturated rings. The van der Waals surface area contributed by atoms with E-state index in [9.17, 15) is 5.11 Å². The van der Waals surface area contributed by atoms with E-state index in [-0.39, 0.29) is 11.5 Å². The molecule has 15 heavy (non-hydrogen) atoms. The van der Waals surface area contributed by atoms with Crippen LogP contribution >= 0.6 is 11.5 Å². The van der Waals surface area contributed by atoms with E-state index in [1.165, 1.54) is 11.5 Å². The Kier molecular flexibility index (Phi) is 4.63. The van der Waals surface area contributed by atoms with Crippen LogP contribution < -0.4 is 5.32 Å². The summed E-state index contributed by atoms with van der Waals surface area (Å²) in [6, 6.07) is 0. The van der Waals surface area contributed by atoms with Gasteiger partial charge in [-0.05, 0) is 23.4 Å². The number of rotatable bonds is 5. The summed E-state index contributed by atoms with van der Waals surface area (Å²) in [5.41, 5.74) is 1.10. The SMILES string of the molecule is CC(C)(C)CC(O)CNCc1csnn1. The third-order valence-corrected chi connectivity index (χ3v) is 2.49. The van der Waals surface area contributed by atoms with E-state index in [2.05, 4.69) is 35.7 Å². The summed E-state index contributed by atoms with van der Waals surface area (Å²) in [7, 11) is 0. The van der Waals surface area contributed by atoms with Crippen LogP contribution in [0.25, 0.3) is 0 Å². The Morgan fingerprint density at radius 2 is 2.27 bits per heavy atom.